The Morgan fingerprint density at radius 2 is 1.48 bits per heavy atom. The van der Waals surface area contributed by atoms with E-state index in [2.05, 4.69) is 40.4 Å². The smallest absolute Gasteiger partial charge is 0.244 e. The van der Waals surface area contributed by atoms with Crippen molar-refractivity contribution in [2.24, 2.45) is 0 Å². The minimum Gasteiger partial charge on any atom is -0.497 e. The van der Waals surface area contributed by atoms with E-state index in [-0.39, 0.29) is 30.1 Å². The Morgan fingerprint density at radius 1 is 0.870 bits per heavy atom. The van der Waals surface area contributed by atoms with Gasteiger partial charge in [-0.25, -0.2) is 0 Å². The third-order valence-electron chi connectivity index (χ3n) is 9.70. The number of rotatable bonds is 9. The highest BCUT2D eigenvalue weighted by Gasteiger charge is 2.54. The quantitative estimate of drug-likeness (QED) is 0.349. The van der Waals surface area contributed by atoms with Crippen LogP contribution in [-0.2, 0) is 17.6 Å². The first-order valence-corrected chi connectivity index (χ1v) is 15.3. The van der Waals surface area contributed by atoms with Crippen molar-refractivity contribution in [1.82, 2.24) is 15.1 Å². The van der Waals surface area contributed by atoms with Gasteiger partial charge in [-0.1, -0.05) is 12.1 Å². The second-order valence-electron chi connectivity index (χ2n) is 11.9. The number of piperazine rings is 1. The molecule has 6 rings (SSSR count). The van der Waals surface area contributed by atoms with Gasteiger partial charge < -0.3 is 29.0 Å². The highest BCUT2D eigenvalue weighted by molar-refractivity contribution is 5.91. The SMILES string of the molecule is COc1cccc(/C=C/C(=O)NC[C@H]2c3cc(OC)c(OC)cc3C[C@H]3[C@H]4c5cc(OC)c(OC)cc5C[C@@H]([C@H](C#N)N23)N4C)c1. The lowest BCUT2D eigenvalue weighted by molar-refractivity contribution is -0.117. The van der Waals surface area contributed by atoms with Gasteiger partial charge in [-0.05, 0) is 90.2 Å². The lowest BCUT2D eigenvalue weighted by atomic mass is 9.72. The van der Waals surface area contributed by atoms with Crippen LogP contribution in [0.1, 0.15) is 39.9 Å². The average molecular weight is 625 g/mol. The molecule has 5 atom stereocenters. The van der Waals surface area contributed by atoms with E-state index in [4.69, 9.17) is 23.7 Å². The van der Waals surface area contributed by atoms with Crippen molar-refractivity contribution in [3.05, 3.63) is 82.4 Å². The van der Waals surface area contributed by atoms with Crippen LogP contribution in [0.2, 0.25) is 0 Å². The number of hydrogen-bond acceptors (Lipinski definition) is 9. The van der Waals surface area contributed by atoms with Gasteiger partial charge in [0.05, 0.1) is 53.7 Å². The minimum atomic E-state index is -0.428. The molecule has 10 nitrogen and oxygen atoms in total. The second-order valence-corrected chi connectivity index (χ2v) is 11.9. The number of amides is 1. The molecule has 1 N–H and O–H groups in total. The van der Waals surface area contributed by atoms with Gasteiger partial charge in [0.25, 0.3) is 0 Å². The monoisotopic (exact) mass is 624 g/mol. The number of ether oxygens (including phenoxy) is 5. The molecule has 1 amide bonds. The van der Waals surface area contributed by atoms with Gasteiger partial charge in [-0.2, -0.15) is 5.26 Å². The predicted octanol–water partition coefficient (Wildman–Crippen LogP) is 4.33. The maximum absolute atomic E-state index is 13.2. The summed E-state index contributed by atoms with van der Waals surface area (Å²) < 4.78 is 28.1. The van der Waals surface area contributed by atoms with E-state index in [0.717, 1.165) is 33.6 Å². The molecule has 0 saturated carbocycles. The van der Waals surface area contributed by atoms with Gasteiger partial charge >= 0.3 is 0 Å². The molecule has 0 aliphatic carbocycles. The fraction of sp³-hybridized carbons (Fsp3) is 0.389. The van der Waals surface area contributed by atoms with Crippen LogP contribution in [0.15, 0.2) is 54.6 Å². The van der Waals surface area contributed by atoms with E-state index in [1.807, 2.05) is 36.4 Å². The number of likely N-dealkylation sites (N-methyl/N-ethyl adjacent to an activating group) is 1. The molecule has 0 radical (unpaired) electrons. The van der Waals surface area contributed by atoms with Crippen LogP contribution in [0.4, 0.5) is 0 Å². The predicted molar refractivity (Wildman–Crippen MR) is 174 cm³/mol. The van der Waals surface area contributed by atoms with Crippen molar-refractivity contribution in [2.45, 2.75) is 43.1 Å². The molecular formula is C36H40N4O6. The highest BCUT2D eigenvalue weighted by atomic mass is 16.5. The summed E-state index contributed by atoms with van der Waals surface area (Å²) in [5.41, 5.74) is 5.30. The van der Waals surface area contributed by atoms with Gasteiger partial charge in [-0.3, -0.25) is 14.6 Å². The number of methoxy groups -OCH3 is 5. The molecule has 3 aliphatic heterocycles. The Kier molecular flexibility index (Phi) is 8.80. The molecule has 3 aliphatic rings. The molecule has 1 fully saturated rings. The summed E-state index contributed by atoms with van der Waals surface area (Å²) in [6.07, 6.45) is 4.66. The summed E-state index contributed by atoms with van der Waals surface area (Å²) in [6.45, 7) is 0.306. The van der Waals surface area contributed by atoms with E-state index in [1.165, 1.54) is 6.08 Å². The van der Waals surface area contributed by atoms with Crippen LogP contribution in [0.5, 0.6) is 28.7 Å². The molecule has 3 heterocycles. The Balaban J connectivity index is 1.40. The van der Waals surface area contributed by atoms with Crippen LogP contribution in [-0.4, -0.2) is 83.0 Å². The summed E-state index contributed by atoms with van der Waals surface area (Å²) >= 11 is 0. The molecule has 0 spiro atoms. The standard InChI is InChI=1S/C36H40N4O6/c1-39-27-13-23-16-32(44-4)34(46-6)18-26(23)36(39)28-14-22-15-31(43-3)33(45-5)17-25(22)30(40(28)29(27)19-37)20-38-35(41)11-10-21-8-7-9-24(12-21)42-2/h7-12,15-18,27-30,36H,13-14,20H2,1-6H3,(H,38,41)/b11-10+/t27-,28-,29-,30-,36+/m0/s1. The Morgan fingerprint density at radius 3 is 2.11 bits per heavy atom. The summed E-state index contributed by atoms with van der Waals surface area (Å²) in [6, 6.07) is 17.5. The maximum atomic E-state index is 13.2. The van der Waals surface area contributed by atoms with E-state index in [9.17, 15) is 10.1 Å². The van der Waals surface area contributed by atoms with Crippen molar-refractivity contribution in [3.63, 3.8) is 0 Å². The highest BCUT2D eigenvalue weighted by Crippen LogP contribution is 2.52. The van der Waals surface area contributed by atoms with E-state index < -0.39 is 6.04 Å². The number of hydrogen-bond donors (Lipinski definition) is 1. The first-order valence-electron chi connectivity index (χ1n) is 15.3. The van der Waals surface area contributed by atoms with E-state index >= 15 is 0 Å². The summed E-state index contributed by atoms with van der Waals surface area (Å²) in [4.78, 5) is 17.9. The Hall–Kier alpha value is -4.72. The van der Waals surface area contributed by atoms with E-state index in [0.29, 0.717) is 42.4 Å². The summed E-state index contributed by atoms with van der Waals surface area (Å²) in [7, 11) is 10.3. The molecule has 3 aromatic carbocycles. The van der Waals surface area contributed by atoms with Crippen molar-refractivity contribution >= 4 is 12.0 Å². The molecule has 240 valence electrons. The zero-order valence-corrected chi connectivity index (χ0v) is 27.1. The number of carbonyl (C=O) groups excluding carboxylic acids is 1. The Bertz CT molecular complexity index is 1700. The fourth-order valence-corrected chi connectivity index (χ4v) is 7.56. The molecule has 0 aromatic heterocycles. The largest absolute Gasteiger partial charge is 0.497 e. The van der Waals surface area contributed by atoms with Gasteiger partial charge in [0.15, 0.2) is 23.0 Å². The normalized spacial score (nSPS) is 23.4. The molecule has 46 heavy (non-hydrogen) atoms. The second kappa shape index (κ2) is 12.9. The first-order chi connectivity index (χ1) is 22.3. The van der Waals surface area contributed by atoms with Gasteiger partial charge in [0, 0.05) is 24.7 Å². The van der Waals surface area contributed by atoms with Crippen LogP contribution in [0, 0.1) is 11.3 Å². The number of nitrogens with zero attached hydrogens (tertiary/aromatic N) is 3. The zero-order chi connectivity index (χ0) is 32.5. The molecular weight excluding hydrogens is 584 g/mol. The molecule has 10 heteroatoms. The van der Waals surface area contributed by atoms with Crippen molar-refractivity contribution in [1.29, 1.82) is 5.26 Å². The number of fused-ring (bicyclic) bond motifs is 7. The molecule has 2 bridgehead atoms. The summed E-state index contributed by atoms with van der Waals surface area (Å²) in [5.74, 6) is 3.11. The van der Waals surface area contributed by atoms with Crippen molar-refractivity contribution < 1.29 is 28.5 Å². The lowest BCUT2D eigenvalue weighted by Gasteiger charge is -2.60. The maximum Gasteiger partial charge on any atom is 0.244 e. The number of benzene rings is 3. The van der Waals surface area contributed by atoms with Crippen molar-refractivity contribution in [3.8, 4) is 34.8 Å². The first kappa shape index (κ1) is 31.3. The number of carbonyl (C=O) groups is 1. The van der Waals surface area contributed by atoms with Crippen LogP contribution < -0.4 is 29.0 Å². The van der Waals surface area contributed by atoms with Crippen LogP contribution >= 0.6 is 0 Å². The minimum absolute atomic E-state index is 0.0226. The van der Waals surface area contributed by atoms with Gasteiger partial charge in [0.2, 0.25) is 5.91 Å². The zero-order valence-electron chi connectivity index (χ0n) is 27.1. The number of nitriles is 1. The third kappa shape index (κ3) is 5.40. The Labute approximate surface area is 270 Å². The average Bonchev–Trinajstić information content (AvgIpc) is 3.08. The summed E-state index contributed by atoms with van der Waals surface area (Å²) in [5, 5.41) is 13.9. The molecule has 1 saturated heterocycles. The van der Waals surface area contributed by atoms with Crippen molar-refractivity contribution in [2.75, 3.05) is 49.1 Å². The van der Waals surface area contributed by atoms with Crippen LogP contribution in [0.25, 0.3) is 6.08 Å². The molecule has 3 aromatic rings. The number of nitrogens with one attached hydrogen (secondary N) is 1. The fourth-order valence-electron chi connectivity index (χ4n) is 7.56. The topological polar surface area (TPSA) is 106 Å². The van der Waals surface area contributed by atoms with Crippen LogP contribution in [0.3, 0.4) is 0 Å². The van der Waals surface area contributed by atoms with Gasteiger partial charge in [0.1, 0.15) is 11.8 Å². The lowest BCUT2D eigenvalue weighted by Crippen LogP contribution is -2.68. The third-order valence-corrected chi connectivity index (χ3v) is 9.70. The molecule has 0 unspecified atom stereocenters. The van der Waals surface area contributed by atoms with E-state index in [1.54, 1.807) is 41.6 Å². The van der Waals surface area contributed by atoms with Gasteiger partial charge in [-0.15, -0.1) is 0 Å².